The highest BCUT2D eigenvalue weighted by atomic mass is 35.5. The number of halogens is 3. The van der Waals surface area contributed by atoms with E-state index in [1.165, 1.54) is 48.5 Å². The minimum absolute atomic E-state index is 0.0277. The second-order valence-corrected chi connectivity index (χ2v) is 33.6. The Labute approximate surface area is 746 Å². The summed E-state index contributed by atoms with van der Waals surface area (Å²) in [4.78, 5) is 140. The standard InChI is InChI=1S/C87H97Cl3N10O28/c1-36(2)12-9-7-6-8-10-13-60(106)94-68-71(108)73(110)77(85(119)120)128-86(68)127-76-57-29-41-30-58(76)124-54-21-17-40(27-48(54)89)75(121-5)69-84(118)98-66(80(114)92-22-11-23-100(3)4)45-31-42(102)32-56(125-87-74(111)72(109)70(107)59(35-101)126-87)61(45)44-26-39(16-18-50(44)103)64(81(115)99-69)95-82(116)65(41)96-83(117)67-46-33-43(34-52(105)62(46)90)122-55-28-38(15-19-51(55)104)63(91)79(113)93-49(78(112)97-67)25-37-14-20-53(123-57)47(88)24-37/h14-21,24,26-34,36,49,59,63-75,77,86-87,101-105,107-111H,6-13,22-23,25,35,91H2,1-5H3,(H,92,114)(H,93,113)(H,94,106)(H,95,116)(H,96,117)(H,97,112)(H,98,118)(H,99,115)(H,119,120)/t49-,59-,63-,64?,65-,66-,67+,68-,69?,70-,71-,72+,73+,74+,75?,77+,86-,87+/m1/s1. The van der Waals surface area contributed by atoms with E-state index in [1.54, 1.807) is 14.1 Å². The lowest BCUT2D eigenvalue weighted by atomic mass is 9.89. The fourth-order valence-electron chi connectivity index (χ4n) is 15.8. The number of phenolic OH excluding ortho intramolecular Hbond substituents is 4. The molecule has 38 nitrogen and oxygen atoms in total. The van der Waals surface area contributed by atoms with Crippen LogP contribution in [0, 0.1) is 5.92 Å². The molecule has 684 valence electrons. The minimum Gasteiger partial charge on any atom is -0.508 e. The third kappa shape index (κ3) is 20.9. The van der Waals surface area contributed by atoms with Gasteiger partial charge < -0.3 is 147 Å². The number of fused-ring (bicyclic) bond motifs is 14. The fourth-order valence-corrected chi connectivity index (χ4v) is 16.5. The number of ether oxygens (including phenoxy) is 8. The average molecular weight is 1840 g/mol. The largest absolute Gasteiger partial charge is 0.508 e. The van der Waals surface area contributed by atoms with E-state index in [-0.39, 0.29) is 51.7 Å². The zero-order chi connectivity index (χ0) is 92.1. The Bertz CT molecular complexity index is 5400. The molecule has 2 saturated heterocycles. The molecule has 8 amide bonds. The summed E-state index contributed by atoms with van der Waals surface area (Å²) in [5.74, 6) is -17.9. The summed E-state index contributed by atoms with van der Waals surface area (Å²) in [6.07, 6.45) is -16.6. The van der Waals surface area contributed by atoms with E-state index < -0.39 is 271 Å². The van der Waals surface area contributed by atoms with Gasteiger partial charge in [0, 0.05) is 55.3 Å². The molecule has 21 N–H and O–H groups in total. The molecule has 128 heavy (non-hydrogen) atoms. The highest BCUT2D eigenvalue weighted by Crippen LogP contribution is 2.51. The number of benzene rings is 7. The lowest BCUT2D eigenvalue weighted by molar-refractivity contribution is -0.277. The number of nitrogens with two attached hydrogens (primary N) is 1. The summed E-state index contributed by atoms with van der Waals surface area (Å²) >= 11 is 21.7. The number of aromatic hydroxyl groups is 4. The number of aliphatic hydroxyl groups excluding tert-OH is 6. The summed E-state index contributed by atoms with van der Waals surface area (Å²) in [7, 11) is 4.66. The van der Waals surface area contributed by atoms with Gasteiger partial charge in [0.25, 0.3) is 0 Å². The third-order valence-electron chi connectivity index (χ3n) is 22.5. The molecule has 3 unspecified atom stereocenters. The Morgan fingerprint density at radius 1 is 0.578 bits per heavy atom. The number of rotatable bonds is 21. The number of nitrogens with one attached hydrogen (secondary N) is 8. The van der Waals surface area contributed by atoms with Crippen LogP contribution in [0.25, 0.3) is 11.1 Å². The van der Waals surface area contributed by atoms with Crippen LogP contribution in [-0.2, 0) is 63.8 Å². The second-order valence-electron chi connectivity index (χ2n) is 32.4. The summed E-state index contributed by atoms with van der Waals surface area (Å²) in [6, 6.07) is 3.87. The van der Waals surface area contributed by atoms with Crippen molar-refractivity contribution in [1.82, 2.24) is 47.4 Å². The van der Waals surface area contributed by atoms with Crippen molar-refractivity contribution in [3.63, 3.8) is 0 Å². The molecule has 41 heteroatoms. The maximum atomic E-state index is 16.9. The number of carbonyl (C=O) groups is 9. The Morgan fingerprint density at radius 3 is 1.90 bits per heavy atom. The number of aliphatic hydroxyl groups is 6. The van der Waals surface area contributed by atoms with Crippen LogP contribution in [0.15, 0.2) is 109 Å². The molecule has 17 bridgehead atoms. The summed E-state index contributed by atoms with van der Waals surface area (Å²) in [6.45, 7) is 3.59. The predicted molar refractivity (Wildman–Crippen MR) is 452 cm³/mol. The van der Waals surface area contributed by atoms with Crippen molar-refractivity contribution >= 4 is 88.0 Å². The number of methoxy groups -OCH3 is 1. The van der Waals surface area contributed by atoms with E-state index in [0.29, 0.717) is 31.7 Å². The van der Waals surface area contributed by atoms with Gasteiger partial charge in [-0.2, -0.15) is 0 Å². The average Bonchev–Trinajstić information content (AvgIpc) is 0.757. The number of aliphatic carboxylic acids is 1. The molecule has 8 aliphatic heterocycles. The lowest BCUT2D eigenvalue weighted by Crippen LogP contribution is -2.66. The van der Waals surface area contributed by atoms with E-state index in [1.807, 2.05) is 4.90 Å². The van der Waals surface area contributed by atoms with Crippen LogP contribution in [0.1, 0.15) is 140 Å². The molecule has 0 radical (unpaired) electrons. The summed E-state index contributed by atoms with van der Waals surface area (Å²) in [5.41, 5.74) is 3.90. The molecule has 2 fully saturated rings. The van der Waals surface area contributed by atoms with E-state index in [0.717, 1.165) is 93.5 Å². The number of nitrogens with zero attached hydrogens (tertiary/aromatic N) is 1. The Kier molecular flexibility index (Phi) is 29.7. The van der Waals surface area contributed by atoms with E-state index in [2.05, 4.69) is 56.4 Å². The van der Waals surface area contributed by atoms with Gasteiger partial charge in [-0.05, 0) is 146 Å². The normalized spacial score (nSPS) is 25.9. The predicted octanol–water partition coefficient (Wildman–Crippen LogP) is 4.82. The number of phenols is 4. The van der Waals surface area contributed by atoms with Gasteiger partial charge in [-0.15, -0.1) is 0 Å². The number of hydrogen-bond acceptors (Lipinski definition) is 29. The number of amides is 8. The molecule has 0 aromatic heterocycles. The van der Waals surface area contributed by atoms with E-state index in [9.17, 15) is 70.6 Å². The first-order chi connectivity index (χ1) is 61.0. The molecule has 18 atom stereocenters. The van der Waals surface area contributed by atoms with Crippen LogP contribution in [0.4, 0.5) is 0 Å². The fraction of sp³-hybridized carbons (Fsp3) is 0.414. The van der Waals surface area contributed by atoms with Crippen molar-refractivity contribution in [2.75, 3.05) is 40.9 Å². The van der Waals surface area contributed by atoms with Crippen molar-refractivity contribution < 1.29 is 137 Å². The number of carboxylic acid groups (broad SMARTS) is 1. The van der Waals surface area contributed by atoms with E-state index >= 15 is 28.8 Å². The molecule has 7 aromatic carbocycles. The SMILES string of the molecule is COC1c2ccc(c(Cl)c2)Oc2cc3cc(c2O[C@@H]2O[C@H](C(=O)O)[C@@H](O)[C@H](O)[C@H]2NC(=O)CCCCCCCC(C)C)Oc2ccc(cc2Cl)C[C@H]2NC(=O)[C@H](N)c4ccc(O)c(c4)Oc4cc(O)c(Cl)c(c4)[C@H](NC2=O)C(=O)N[C@H]3C(=O)NC2C(=O)NC1C(=O)N[C@@H](C(=O)NCCCN(C)C)c1cc(O)cc(O[C@H]3O[C@H](CO)[C@@H](O)[C@H](O)[C@@H]3O)c1-c1cc2ccc1O. The van der Waals surface area contributed by atoms with Gasteiger partial charge >= 0.3 is 5.97 Å². The number of hydrogen-bond donors (Lipinski definition) is 20. The van der Waals surface area contributed by atoms with Crippen LogP contribution in [0.3, 0.4) is 0 Å². The summed E-state index contributed by atoms with van der Waals surface area (Å²) < 4.78 is 50.7. The Hall–Kier alpha value is -11.6. The number of carbonyl (C=O) groups excluding carboxylic acids is 8. The number of carboxylic acids is 1. The first-order valence-corrected chi connectivity index (χ1v) is 42.2. The molecule has 0 spiro atoms. The van der Waals surface area contributed by atoms with Crippen LogP contribution < -0.4 is 72.0 Å². The van der Waals surface area contributed by atoms with Crippen molar-refractivity contribution in [3.8, 4) is 80.1 Å². The van der Waals surface area contributed by atoms with Gasteiger partial charge in [0.15, 0.2) is 29.1 Å². The molecular weight excluding hydrogens is 1740 g/mol. The Balaban J connectivity index is 1.06. The molecule has 0 saturated carbocycles. The summed E-state index contributed by atoms with van der Waals surface area (Å²) in [5, 5.41) is 145. The molecule has 7 aromatic rings. The lowest BCUT2D eigenvalue weighted by Gasteiger charge is -2.41. The smallest absolute Gasteiger partial charge is 0.335 e. The first kappa shape index (κ1) is 94.0. The van der Waals surface area contributed by atoms with Crippen molar-refractivity contribution in [2.24, 2.45) is 11.7 Å². The van der Waals surface area contributed by atoms with Crippen LogP contribution in [0.5, 0.6) is 69.0 Å². The van der Waals surface area contributed by atoms with Gasteiger partial charge in [-0.1, -0.05) is 105 Å². The van der Waals surface area contributed by atoms with Crippen LogP contribution >= 0.6 is 34.8 Å². The van der Waals surface area contributed by atoms with Crippen molar-refractivity contribution in [3.05, 3.63) is 163 Å². The van der Waals surface area contributed by atoms with Gasteiger partial charge in [0.2, 0.25) is 65.6 Å². The minimum atomic E-state index is -2.47. The quantitative estimate of drug-likeness (QED) is 0.0429. The monoisotopic (exact) mass is 1830 g/mol. The topological polar surface area (TPSA) is 575 Å². The molecular formula is C87H97Cl3N10O28. The first-order valence-electron chi connectivity index (χ1n) is 41.0. The molecule has 8 heterocycles. The van der Waals surface area contributed by atoms with Crippen molar-refractivity contribution in [2.45, 2.75) is 181 Å². The third-order valence-corrected chi connectivity index (χ3v) is 23.5. The highest BCUT2D eigenvalue weighted by Gasteiger charge is 2.52. The van der Waals surface area contributed by atoms with Crippen LogP contribution in [-0.4, -0.2) is 229 Å². The van der Waals surface area contributed by atoms with Gasteiger partial charge in [0.1, 0.15) is 131 Å². The maximum absolute atomic E-state index is 16.9. The van der Waals surface area contributed by atoms with Crippen LogP contribution in [0.2, 0.25) is 15.1 Å². The van der Waals surface area contributed by atoms with Gasteiger partial charge in [-0.3, -0.25) is 38.4 Å². The molecule has 0 aliphatic carbocycles. The highest BCUT2D eigenvalue weighted by molar-refractivity contribution is 6.33. The zero-order valence-corrected chi connectivity index (χ0v) is 71.6. The molecule has 8 aliphatic rings. The maximum Gasteiger partial charge on any atom is 0.335 e. The Morgan fingerprint density at radius 2 is 1.22 bits per heavy atom. The van der Waals surface area contributed by atoms with Crippen molar-refractivity contribution in [1.29, 1.82) is 0 Å². The molecule has 15 rings (SSSR count). The zero-order valence-electron chi connectivity index (χ0n) is 69.4. The second kappa shape index (κ2) is 40.4. The van der Waals surface area contributed by atoms with Gasteiger partial charge in [-0.25, -0.2) is 4.79 Å². The number of unbranched alkanes of at least 4 members (excludes halogenated alkanes) is 4. The van der Waals surface area contributed by atoms with E-state index in [4.69, 9.17) is 78.4 Å². The van der Waals surface area contributed by atoms with Gasteiger partial charge in [0.05, 0.1) is 21.7 Å².